The van der Waals surface area contributed by atoms with Gasteiger partial charge in [0.15, 0.2) is 0 Å². The fourth-order valence-electron chi connectivity index (χ4n) is 1.34. The molecule has 0 spiro atoms. The SMILES string of the molecule is O=C(Cc1ccoc1)Nc1ccccc1F. The topological polar surface area (TPSA) is 42.2 Å². The molecule has 0 unspecified atom stereocenters. The van der Waals surface area contributed by atoms with E-state index in [1.807, 2.05) is 0 Å². The molecule has 2 aromatic rings. The summed E-state index contributed by atoms with van der Waals surface area (Å²) >= 11 is 0. The second kappa shape index (κ2) is 4.61. The van der Waals surface area contributed by atoms with Crippen LogP contribution in [0.2, 0.25) is 0 Å². The van der Waals surface area contributed by atoms with Crippen LogP contribution in [0.5, 0.6) is 0 Å². The van der Waals surface area contributed by atoms with Gasteiger partial charge in [-0.3, -0.25) is 4.79 Å². The van der Waals surface area contributed by atoms with E-state index in [0.29, 0.717) is 0 Å². The van der Waals surface area contributed by atoms with Crippen molar-refractivity contribution in [1.82, 2.24) is 0 Å². The predicted molar refractivity (Wildman–Crippen MR) is 57.4 cm³/mol. The highest BCUT2D eigenvalue weighted by atomic mass is 19.1. The van der Waals surface area contributed by atoms with Gasteiger partial charge in [-0.2, -0.15) is 0 Å². The number of carbonyl (C=O) groups is 1. The minimum absolute atomic E-state index is 0.171. The van der Waals surface area contributed by atoms with Crippen molar-refractivity contribution >= 4 is 11.6 Å². The van der Waals surface area contributed by atoms with E-state index in [4.69, 9.17) is 4.42 Å². The maximum atomic E-state index is 13.2. The first-order chi connectivity index (χ1) is 7.75. The van der Waals surface area contributed by atoms with Crippen molar-refractivity contribution in [3.05, 3.63) is 54.2 Å². The second-order valence-electron chi connectivity index (χ2n) is 3.34. The van der Waals surface area contributed by atoms with Crippen molar-refractivity contribution in [2.75, 3.05) is 5.32 Å². The zero-order valence-electron chi connectivity index (χ0n) is 8.44. The molecule has 4 heteroatoms. The molecular formula is C12H10FNO2. The lowest BCUT2D eigenvalue weighted by atomic mass is 10.2. The number of hydrogen-bond donors (Lipinski definition) is 1. The molecule has 1 aromatic carbocycles. The molecule has 1 N–H and O–H groups in total. The number of furan rings is 1. The number of anilines is 1. The van der Waals surface area contributed by atoms with Crippen LogP contribution in [0.15, 0.2) is 47.3 Å². The molecule has 1 heterocycles. The smallest absolute Gasteiger partial charge is 0.228 e. The van der Waals surface area contributed by atoms with Crippen LogP contribution < -0.4 is 5.32 Å². The van der Waals surface area contributed by atoms with Crippen LogP contribution in [0, 0.1) is 5.82 Å². The molecular weight excluding hydrogens is 209 g/mol. The Morgan fingerprint density at radius 1 is 1.31 bits per heavy atom. The quantitative estimate of drug-likeness (QED) is 0.862. The molecule has 0 aliphatic rings. The average molecular weight is 219 g/mol. The maximum absolute atomic E-state index is 13.2. The third kappa shape index (κ3) is 2.48. The molecule has 0 saturated heterocycles. The van der Waals surface area contributed by atoms with Gasteiger partial charge >= 0.3 is 0 Å². The Hall–Kier alpha value is -2.10. The van der Waals surface area contributed by atoms with Crippen LogP contribution in [0.3, 0.4) is 0 Å². The van der Waals surface area contributed by atoms with Crippen LogP contribution in [0.25, 0.3) is 0 Å². The third-order valence-electron chi connectivity index (χ3n) is 2.09. The van der Waals surface area contributed by atoms with E-state index in [-0.39, 0.29) is 18.0 Å². The Labute approximate surface area is 91.9 Å². The lowest BCUT2D eigenvalue weighted by molar-refractivity contribution is -0.115. The van der Waals surface area contributed by atoms with Crippen molar-refractivity contribution in [3.8, 4) is 0 Å². The highest BCUT2D eigenvalue weighted by molar-refractivity contribution is 5.92. The standard InChI is InChI=1S/C12H10FNO2/c13-10-3-1-2-4-11(10)14-12(15)7-9-5-6-16-8-9/h1-6,8H,7H2,(H,14,15). The van der Waals surface area contributed by atoms with Gasteiger partial charge in [0.2, 0.25) is 5.91 Å². The normalized spacial score (nSPS) is 10.1. The van der Waals surface area contributed by atoms with E-state index < -0.39 is 5.82 Å². The largest absolute Gasteiger partial charge is 0.472 e. The maximum Gasteiger partial charge on any atom is 0.228 e. The van der Waals surface area contributed by atoms with Crippen molar-refractivity contribution in [3.63, 3.8) is 0 Å². The zero-order valence-corrected chi connectivity index (χ0v) is 8.44. The summed E-state index contributed by atoms with van der Waals surface area (Å²) in [6.07, 6.45) is 3.15. The molecule has 16 heavy (non-hydrogen) atoms. The summed E-state index contributed by atoms with van der Waals surface area (Å²) in [5.41, 5.74) is 0.949. The number of benzene rings is 1. The van der Waals surface area contributed by atoms with Gasteiger partial charge in [0.25, 0.3) is 0 Å². The summed E-state index contributed by atoms with van der Waals surface area (Å²) in [6.45, 7) is 0. The zero-order chi connectivity index (χ0) is 11.4. The first-order valence-corrected chi connectivity index (χ1v) is 4.81. The minimum Gasteiger partial charge on any atom is -0.472 e. The summed E-state index contributed by atoms with van der Waals surface area (Å²) in [6, 6.07) is 7.74. The first-order valence-electron chi connectivity index (χ1n) is 4.81. The fourth-order valence-corrected chi connectivity index (χ4v) is 1.34. The van der Waals surface area contributed by atoms with Gasteiger partial charge in [-0.25, -0.2) is 4.39 Å². The second-order valence-corrected chi connectivity index (χ2v) is 3.34. The molecule has 82 valence electrons. The van der Waals surface area contributed by atoms with Crippen molar-refractivity contribution in [1.29, 1.82) is 0 Å². The van der Waals surface area contributed by atoms with Crippen LogP contribution >= 0.6 is 0 Å². The number of carbonyl (C=O) groups excluding carboxylic acids is 1. The Kier molecular flexibility index (Phi) is 3.00. The number of amides is 1. The summed E-state index contributed by atoms with van der Waals surface area (Å²) in [7, 11) is 0. The Bertz CT molecular complexity index is 480. The Morgan fingerprint density at radius 3 is 2.81 bits per heavy atom. The molecule has 0 radical (unpaired) electrons. The minimum atomic E-state index is -0.442. The highest BCUT2D eigenvalue weighted by Crippen LogP contribution is 2.13. The highest BCUT2D eigenvalue weighted by Gasteiger charge is 2.07. The van der Waals surface area contributed by atoms with Gasteiger partial charge < -0.3 is 9.73 Å². The molecule has 1 amide bonds. The van der Waals surface area contributed by atoms with Crippen molar-refractivity contribution < 1.29 is 13.6 Å². The number of halogens is 1. The van der Waals surface area contributed by atoms with E-state index >= 15 is 0 Å². The molecule has 1 aromatic heterocycles. The van der Waals surface area contributed by atoms with Gasteiger partial charge in [-0.15, -0.1) is 0 Å². The lowest BCUT2D eigenvalue weighted by Crippen LogP contribution is -2.14. The van der Waals surface area contributed by atoms with Crippen LogP contribution in [-0.2, 0) is 11.2 Å². The molecule has 0 aliphatic carbocycles. The van der Waals surface area contributed by atoms with Crippen molar-refractivity contribution in [2.24, 2.45) is 0 Å². The summed E-state index contributed by atoms with van der Waals surface area (Å²) in [5.74, 6) is -0.713. The van der Waals surface area contributed by atoms with E-state index in [0.717, 1.165) is 5.56 Å². The van der Waals surface area contributed by atoms with E-state index in [1.54, 1.807) is 18.2 Å². The molecule has 0 atom stereocenters. The predicted octanol–water partition coefficient (Wildman–Crippen LogP) is 2.60. The molecule has 3 nitrogen and oxygen atoms in total. The first kappa shape index (κ1) is 10.4. The average Bonchev–Trinajstić information content (AvgIpc) is 2.74. The van der Waals surface area contributed by atoms with Gasteiger partial charge in [0.1, 0.15) is 5.82 Å². The van der Waals surface area contributed by atoms with Crippen LogP contribution in [0.1, 0.15) is 5.56 Å². The van der Waals surface area contributed by atoms with Crippen LogP contribution in [-0.4, -0.2) is 5.91 Å². The van der Waals surface area contributed by atoms with E-state index in [1.165, 1.54) is 24.7 Å². The Balaban J connectivity index is 2.00. The molecule has 0 saturated carbocycles. The summed E-state index contributed by atoms with van der Waals surface area (Å²) in [5, 5.41) is 2.49. The van der Waals surface area contributed by atoms with E-state index in [2.05, 4.69) is 5.32 Å². The molecule has 2 rings (SSSR count). The lowest BCUT2D eigenvalue weighted by Gasteiger charge is -2.04. The van der Waals surface area contributed by atoms with Gasteiger partial charge in [-0.1, -0.05) is 12.1 Å². The number of hydrogen-bond acceptors (Lipinski definition) is 2. The van der Waals surface area contributed by atoms with Gasteiger partial charge in [0, 0.05) is 0 Å². The summed E-state index contributed by atoms with van der Waals surface area (Å²) < 4.78 is 18.0. The van der Waals surface area contributed by atoms with Gasteiger partial charge in [0.05, 0.1) is 24.6 Å². The molecule has 0 aliphatic heterocycles. The van der Waals surface area contributed by atoms with Gasteiger partial charge in [-0.05, 0) is 23.8 Å². The number of rotatable bonds is 3. The van der Waals surface area contributed by atoms with Crippen LogP contribution in [0.4, 0.5) is 10.1 Å². The third-order valence-corrected chi connectivity index (χ3v) is 2.09. The van der Waals surface area contributed by atoms with Crippen molar-refractivity contribution in [2.45, 2.75) is 6.42 Å². The fraction of sp³-hybridized carbons (Fsp3) is 0.0833. The molecule has 0 fully saturated rings. The Morgan fingerprint density at radius 2 is 2.12 bits per heavy atom. The van der Waals surface area contributed by atoms with E-state index in [9.17, 15) is 9.18 Å². The summed E-state index contributed by atoms with van der Waals surface area (Å²) in [4.78, 5) is 11.5. The number of nitrogens with one attached hydrogen (secondary N) is 1. The molecule has 0 bridgehead atoms. The number of para-hydroxylation sites is 1. The monoisotopic (exact) mass is 219 g/mol.